The number of piperidine rings is 1. The van der Waals surface area contributed by atoms with Gasteiger partial charge in [0, 0.05) is 37.7 Å². The van der Waals surface area contributed by atoms with Crippen molar-refractivity contribution in [3.63, 3.8) is 0 Å². The first kappa shape index (κ1) is 13.6. The fourth-order valence-electron chi connectivity index (χ4n) is 2.79. The third kappa shape index (κ3) is 2.74. The van der Waals surface area contributed by atoms with Crippen LogP contribution in [0, 0.1) is 6.92 Å². The summed E-state index contributed by atoms with van der Waals surface area (Å²) in [5.41, 5.74) is 1.41. The number of aromatic nitrogens is 3. The van der Waals surface area contributed by atoms with Gasteiger partial charge in [-0.25, -0.2) is 14.8 Å². The van der Waals surface area contributed by atoms with E-state index in [9.17, 15) is 9.90 Å². The molecule has 0 radical (unpaired) electrons. The van der Waals surface area contributed by atoms with E-state index in [1.807, 2.05) is 30.1 Å². The fourth-order valence-corrected chi connectivity index (χ4v) is 2.79. The summed E-state index contributed by atoms with van der Waals surface area (Å²) in [6, 6.07) is 3.67. The van der Waals surface area contributed by atoms with Gasteiger partial charge in [0.25, 0.3) is 0 Å². The maximum atomic E-state index is 11.2. The van der Waals surface area contributed by atoms with Crippen LogP contribution in [0.2, 0.25) is 0 Å². The van der Waals surface area contributed by atoms with Crippen LogP contribution in [0.5, 0.6) is 0 Å². The third-order valence-electron chi connectivity index (χ3n) is 3.91. The maximum absolute atomic E-state index is 11.2. The predicted octanol–water partition coefficient (Wildman–Crippen LogP) is 2.13. The van der Waals surface area contributed by atoms with Gasteiger partial charge in [-0.2, -0.15) is 0 Å². The van der Waals surface area contributed by atoms with Gasteiger partial charge in [0.1, 0.15) is 5.69 Å². The van der Waals surface area contributed by atoms with Crippen LogP contribution in [0.4, 0.5) is 5.95 Å². The van der Waals surface area contributed by atoms with Crippen molar-refractivity contribution in [1.29, 1.82) is 0 Å². The first-order valence-electron chi connectivity index (χ1n) is 7.09. The van der Waals surface area contributed by atoms with Crippen molar-refractivity contribution in [2.45, 2.75) is 25.8 Å². The average molecular weight is 286 g/mol. The lowest BCUT2D eigenvalue weighted by atomic mass is 10.0. The Balaban J connectivity index is 1.69. The Morgan fingerprint density at radius 3 is 2.57 bits per heavy atom. The van der Waals surface area contributed by atoms with Gasteiger partial charge in [0.05, 0.1) is 0 Å². The molecular formula is C15H18N4O2. The molecule has 1 aliphatic rings. The van der Waals surface area contributed by atoms with Crippen LogP contribution in [-0.4, -0.2) is 38.7 Å². The predicted molar refractivity (Wildman–Crippen MR) is 78.6 cm³/mol. The molecule has 0 bridgehead atoms. The van der Waals surface area contributed by atoms with Crippen LogP contribution in [0.15, 0.2) is 30.7 Å². The van der Waals surface area contributed by atoms with Crippen LogP contribution in [0.3, 0.4) is 0 Å². The summed E-state index contributed by atoms with van der Waals surface area (Å²) in [5.74, 6) is -0.116. The van der Waals surface area contributed by atoms with Crippen LogP contribution < -0.4 is 4.90 Å². The molecule has 6 heteroatoms. The van der Waals surface area contributed by atoms with Gasteiger partial charge in [-0.1, -0.05) is 0 Å². The molecule has 2 aromatic rings. The number of carbonyl (C=O) groups is 1. The van der Waals surface area contributed by atoms with Gasteiger partial charge < -0.3 is 14.6 Å². The lowest BCUT2D eigenvalue weighted by Crippen LogP contribution is -2.36. The van der Waals surface area contributed by atoms with E-state index in [1.54, 1.807) is 12.1 Å². The first-order valence-corrected chi connectivity index (χ1v) is 7.09. The first-order chi connectivity index (χ1) is 10.1. The Morgan fingerprint density at radius 1 is 1.29 bits per heavy atom. The van der Waals surface area contributed by atoms with Crippen molar-refractivity contribution in [2.24, 2.45) is 0 Å². The number of carboxylic acids is 1. The Morgan fingerprint density at radius 2 is 1.95 bits per heavy atom. The summed E-state index contributed by atoms with van der Waals surface area (Å²) in [7, 11) is 0. The number of aryl methyl sites for hydroxylation is 1. The second-order valence-electron chi connectivity index (χ2n) is 5.38. The van der Waals surface area contributed by atoms with Crippen molar-refractivity contribution in [1.82, 2.24) is 14.5 Å². The number of nitrogens with zero attached hydrogens (tertiary/aromatic N) is 4. The fraction of sp³-hybridized carbons (Fsp3) is 0.400. The number of rotatable bonds is 3. The van der Waals surface area contributed by atoms with E-state index in [0.717, 1.165) is 37.4 Å². The highest BCUT2D eigenvalue weighted by atomic mass is 16.4. The van der Waals surface area contributed by atoms with Gasteiger partial charge in [-0.3, -0.25) is 0 Å². The van der Waals surface area contributed by atoms with E-state index < -0.39 is 5.97 Å². The van der Waals surface area contributed by atoms with Gasteiger partial charge >= 0.3 is 5.97 Å². The van der Waals surface area contributed by atoms with E-state index >= 15 is 0 Å². The molecule has 0 saturated carbocycles. The topological polar surface area (TPSA) is 71.2 Å². The Bertz CT molecular complexity index is 627. The quantitative estimate of drug-likeness (QED) is 0.936. The molecule has 1 N–H and O–H groups in total. The molecule has 1 fully saturated rings. The molecule has 2 aromatic heterocycles. The van der Waals surface area contributed by atoms with Crippen molar-refractivity contribution in [3.05, 3.63) is 42.0 Å². The Hall–Kier alpha value is -2.37. The van der Waals surface area contributed by atoms with E-state index in [1.165, 1.54) is 0 Å². The summed E-state index contributed by atoms with van der Waals surface area (Å²) in [4.78, 5) is 22.0. The molecular weight excluding hydrogens is 268 g/mol. The second kappa shape index (κ2) is 5.55. The van der Waals surface area contributed by atoms with Crippen molar-refractivity contribution in [2.75, 3.05) is 18.0 Å². The molecule has 0 unspecified atom stereocenters. The van der Waals surface area contributed by atoms with Gasteiger partial charge in [-0.05, 0) is 37.5 Å². The van der Waals surface area contributed by atoms with Crippen molar-refractivity contribution < 1.29 is 9.90 Å². The van der Waals surface area contributed by atoms with Crippen LogP contribution >= 0.6 is 0 Å². The van der Waals surface area contributed by atoms with Gasteiger partial charge in [0.15, 0.2) is 0 Å². The van der Waals surface area contributed by atoms with Crippen molar-refractivity contribution in [3.8, 4) is 0 Å². The SMILES string of the molecule is Cc1cnc(N2CCC(n3cccc3C(=O)O)CC2)nc1. The molecule has 1 saturated heterocycles. The van der Waals surface area contributed by atoms with E-state index in [0.29, 0.717) is 5.69 Å². The molecule has 0 aromatic carbocycles. The van der Waals surface area contributed by atoms with Gasteiger partial charge in [0.2, 0.25) is 5.95 Å². The molecule has 110 valence electrons. The van der Waals surface area contributed by atoms with E-state index in [4.69, 9.17) is 0 Å². The van der Waals surface area contributed by atoms with Gasteiger partial charge in [-0.15, -0.1) is 0 Å². The average Bonchev–Trinajstić information content (AvgIpc) is 2.98. The number of hydrogen-bond acceptors (Lipinski definition) is 4. The van der Waals surface area contributed by atoms with E-state index in [-0.39, 0.29) is 6.04 Å². The number of anilines is 1. The molecule has 3 heterocycles. The molecule has 0 atom stereocenters. The molecule has 1 aliphatic heterocycles. The summed E-state index contributed by atoms with van der Waals surface area (Å²) in [6.07, 6.45) is 7.29. The summed E-state index contributed by atoms with van der Waals surface area (Å²) >= 11 is 0. The molecule has 21 heavy (non-hydrogen) atoms. The molecule has 3 rings (SSSR count). The zero-order chi connectivity index (χ0) is 14.8. The number of hydrogen-bond donors (Lipinski definition) is 1. The minimum absolute atomic E-state index is 0.229. The third-order valence-corrected chi connectivity index (χ3v) is 3.91. The highest BCUT2D eigenvalue weighted by molar-refractivity contribution is 5.85. The maximum Gasteiger partial charge on any atom is 0.352 e. The van der Waals surface area contributed by atoms with Crippen LogP contribution in [0.1, 0.15) is 34.9 Å². The number of carboxylic acid groups (broad SMARTS) is 1. The molecule has 0 spiro atoms. The standard InChI is InChI=1S/C15H18N4O2/c1-11-9-16-15(17-10-11)18-7-4-12(5-8-18)19-6-2-3-13(19)14(20)21/h2-3,6,9-10,12H,4-5,7-8H2,1H3,(H,20,21). The summed E-state index contributed by atoms with van der Waals surface area (Å²) in [5, 5.41) is 9.19. The number of aromatic carboxylic acids is 1. The van der Waals surface area contributed by atoms with Crippen LogP contribution in [-0.2, 0) is 0 Å². The van der Waals surface area contributed by atoms with Crippen molar-refractivity contribution >= 4 is 11.9 Å². The summed E-state index contributed by atoms with van der Waals surface area (Å²) < 4.78 is 1.87. The zero-order valence-electron chi connectivity index (χ0n) is 11.9. The summed E-state index contributed by atoms with van der Waals surface area (Å²) in [6.45, 7) is 3.64. The molecule has 6 nitrogen and oxygen atoms in total. The smallest absolute Gasteiger partial charge is 0.352 e. The minimum atomic E-state index is -0.871. The largest absolute Gasteiger partial charge is 0.477 e. The Labute approximate surface area is 123 Å². The zero-order valence-corrected chi connectivity index (χ0v) is 11.9. The molecule has 0 amide bonds. The Kier molecular flexibility index (Phi) is 3.60. The lowest BCUT2D eigenvalue weighted by Gasteiger charge is -2.33. The van der Waals surface area contributed by atoms with Crippen LogP contribution in [0.25, 0.3) is 0 Å². The second-order valence-corrected chi connectivity index (χ2v) is 5.38. The van der Waals surface area contributed by atoms with E-state index in [2.05, 4.69) is 14.9 Å². The monoisotopic (exact) mass is 286 g/mol. The highest BCUT2D eigenvalue weighted by Gasteiger charge is 2.24. The molecule has 0 aliphatic carbocycles. The minimum Gasteiger partial charge on any atom is -0.477 e. The lowest BCUT2D eigenvalue weighted by molar-refractivity contribution is 0.0681. The highest BCUT2D eigenvalue weighted by Crippen LogP contribution is 2.26. The normalized spacial score (nSPS) is 16.1.